The molecule has 0 aliphatic carbocycles. The molecule has 0 bridgehead atoms. The van der Waals surface area contributed by atoms with E-state index >= 15 is 0 Å². The van der Waals surface area contributed by atoms with Crippen molar-refractivity contribution in [1.29, 1.82) is 0 Å². The van der Waals surface area contributed by atoms with E-state index in [1.807, 2.05) is 0 Å². The first-order valence-corrected chi connectivity index (χ1v) is 9.08. The molecule has 0 aromatic heterocycles. The summed E-state index contributed by atoms with van der Waals surface area (Å²) in [6, 6.07) is 4.44. The Labute approximate surface area is 159 Å². The highest BCUT2D eigenvalue weighted by Crippen LogP contribution is 2.27. The van der Waals surface area contributed by atoms with Gasteiger partial charge >= 0.3 is 0 Å². The number of hydrogen-bond donors (Lipinski definition) is 2. The molecule has 1 unspecified atom stereocenters. The highest BCUT2D eigenvalue weighted by atomic mass is 35.5. The zero-order valence-corrected chi connectivity index (χ0v) is 16.0. The van der Waals surface area contributed by atoms with Crippen LogP contribution in [0, 0.1) is 0 Å². The predicted molar refractivity (Wildman–Crippen MR) is 99.8 cm³/mol. The lowest BCUT2D eigenvalue weighted by Crippen LogP contribution is -2.47. The van der Waals surface area contributed by atoms with Crippen LogP contribution in [0.5, 0.6) is 5.75 Å². The number of likely N-dealkylation sites (tertiary alicyclic amines) is 1. The molecule has 2 rings (SSSR count). The number of ether oxygens (including phenoxy) is 2. The standard InChI is InChI=1S/C18H26ClN3O4/c1-25-11-9-20-7-8-21-17(23)15-4-3-10-22(15)18(24)14-12-13(19)5-6-16(14)26-2/h5-6,12,15,20H,3-4,7-11H2,1-2H3,(H,21,23). The molecular formula is C18H26ClN3O4. The van der Waals surface area contributed by atoms with Crippen molar-refractivity contribution in [2.45, 2.75) is 18.9 Å². The fraction of sp³-hybridized carbons (Fsp3) is 0.556. The van der Waals surface area contributed by atoms with Gasteiger partial charge < -0.3 is 25.0 Å². The van der Waals surface area contributed by atoms with Crippen molar-refractivity contribution in [3.8, 4) is 5.75 Å². The molecule has 144 valence electrons. The largest absolute Gasteiger partial charge is 0.496 e. The van der Waals surface area contributed by atoms with Crippen LogP contribution in [0.1, 0.15) is 23.2 Å². The molecule has 1 atom stereocenters. The third-order valence-electron chi connectivity index (χ3n) is 4.29. The van der Waals surface area contributed by atoms with Gasteiger partial charge in [-0.15, -0.1) is 0 Å². The van der Waals surface area contributed by atoms with Gasteiger partial charge in [0.1, 0.15) is 11.8 Å². The number of carbonyl (C=O) groups is 2. The number of nitrogens with one attached hydrogen (secondary N) is 2. The van der Waals surface area contributed by atoms with Gasteiger partial charge in [-0.3, -0.25) is 9.59 Å². The van der Waals surface area contributed by atoms with Crippen molar-refractivity contribution in [2.75, 3.05) is 47.0 Å². The number of halogens is 1. The molecule has 0 radical (unpaired) electrons. The van der Waals surface area contributed by atoms with Crippen LogP contribution in [0.25, 0.3) is 0 Å². The summed E-state index contributed by atoms with van der Waals surface area (Å²) in [5, 5.41) is 6.50. The fourth-order valence-corrected chi connectivity index (χ4v) is 3.15. The summed E-state index contributed by atoms with van der Waals surface area (Å²) in [6.07, 6.45) is 1.44. The van der Waals surface area contributed by atoms with Crippen LogP contribution in [0.2, 0.25) is 5.02 Å². The lowest BCUT2D eigenvalue weighted by Gasteiger charge is -2.25. The Morgan fingerprint density at radius 3 is 2.81 bits per heavy atom. The highest BCUT2D eigenvalue weighted by Gasteiger charge is 2.35. The molecule has 1 aliphatic rings. The zero-order chi connectivity index (χ0) is 18.9. The molecule has 1 aliphatic heterocycles. The average molecular weight is 384 g/mol. The first kappa shape index (κ1) is 20.5. The lowest BCUT2D eigenvalue weighted by molar-refractivity contribution is -0.124. The maximum atomic E-state index is 12.9. The van der Waals surface area contributed by atoms with E-state index in [0.717, 1.165) is 13.0 Å². The Morgan fingerprint density at radius 1 is 1.27 bits per heavy atom. The number of nitrogens with zero attached hydrogens (tertiary/aromatic N) is 1. The smallest absolute Gasteiger partial charge is 0.258 e. The Morgan fingerprint density at radius 2 is 2.08 bits per heavy atom. The van der Waals surface area contributed by atoms with E-state index in [2.05, 4.69) is 10.6 Å². The molecule has 1 aromatic carbocycles. The summed E-state index contributed by atoms with van der Waals surface area (Å²) in [5.74, 6) is 0.0819. The van der Waals surface area contributed by atoms with Crippen LogP contribution < -0.4 is 15.4 Å². The van der Waals surface area contributed by atoms with Crippen LogP contribution in [-0.4, -0.2) is 69.8 Å². The molecule has 1 fully saturated rings. The quantitative estimate of drug-likeness (QED) is 0.628. The molecule has 2 amide bonds. The molecule has 0 saturated carbocycles. The predicted octanol–water partition coefficient (Wildman–Crippen LogP) is 1.31. The average Bonchev–Trinajstić information content (AvgIpc) is 3.13. The van der Waals surface area contributed by atoms with Crippen molar-refractivity contribution in [3.63, 3.8) is 0 Å². The van der Waals surface area contributed by atoms with E-state index in [1.54, 1.807) is 30.2 Å². The Bertz CT molecular complexity index is 626. The first-order valence-electron chi connectivity index (χ1n) is 8.70. The van der Waals surface area contributed by atoms with E-state index in [0.29, 0.717) is 49.0 Å². The van der Waals surface area contributed by atoms with Crippen molar-refractivity contribution < 1.29 is 19.1 Å². The molecule has 7 nitrogen and oxygen atoms in total. The normalized spacial score (nSPS) is 16.6. The number of amides is 2. The summed E-state index contributed by atoms with van der Waals surface area (Å²) in [5.41, 5.74) is 0.376. The van der Waals surface area contributed by atoms with Crippen LogP contribution in [0.15, 0.2) is 18.2 Å². The van der Waals surface area contributed by atoms with Crippen LogP contribution >= 0.6 is 11.6 Å². The van der Waals surface area contributed by atoms with Gasteiger partial charge in [0.05, 0.1) is 19.3 Å². The van der Waals surface area contributed by atoms with Crippen LogP contribution in [0.4, 0.5) is 0 Å². The zero-order valence-electron chi connectivity index (χ0n) is 15.2. The van der Waals surface area contributed by atoms with Crippen LogP contribution in [0.3, 0.4) is 0 Å². The van der Waals surface area contributed by atoms with Gasteiger partial charge in [0.2, 0.25) is 5.91 Å². The second-order valence-electron chi connectivity index (χ2n) is 6.04. The molecule has 8 heteroatoms. The minimum Gasteiger partial charge on any atom is -0.496 e. The lowest BCUT2D eigenvalue weighted by atomic mass is 10.1. The van der Waals surface area contributed by atoms with E-state index < -0.39 is 6.04 Å². The van der Waals surface area contributed by atoms with Crippen molar-refractivity contribution in [2.24, 2.45) is 0 Å². The third-order valence-corrected chi connectivity index (χ3v) is 4.53. The molecule has 1 aromatic rings. The molecule has 1 saturated heterocycles. The first-order chi connectivity index (χ1) is 12.6. The molecule has 0 spiro atoms. The number of hydrogen-bond acceptors (Lipinski definition) is 5. The number of carbonyl (C=O) groups excluding carboxylic acids is 2. The van der Waals surface area contributed by atoms with Gasteiger partial charge in [-0.05, 0) is 31.0 Å². The van der Waals surface area contributed by atoms with Crippen molar-refractivity contribution in [3.05, 3.63) is 28.8 Å². The summed E-state index contributed by atoms with van der Waals surface area (Å²) in [4.78, 5) is 27.0. The van der Waals surface area contributed by atoms with E-state index in [4.69, 9.17) is 21.1 Å². The minimum atomic E-state index is -0.467. The number of rotatable bonds is 9. The number of methoxy groups -OCH3 is 2. The van der Waals surface area contributed by atoms with Crippen molar-refractivity contribution >= 4 is 23.4 Å². The fourth-order valence-electron chi connectivity index (χ4n) is 2.98. The van der Waals surface area contributed by atoms with Gasteiger partial charge in [-0.25, -0.2) is 0 Å². The summed E-state index contributed by atoms with van der Waals surface area (Å²) in [6.45, 7) is 3.05. The molecule has 26 heavy (non-hydrogen) atoms. The monoisotopic (exact) mass is 383 g/mol. The molecule has 1 heterocycles. The Kier molecular flexibility index (Phi) is 8.15. The second kappa shape index (κ2) is 10.4. The third kappa shape index (κ3) is 5.33. The topological polar surface area (TPSA) is 79.9 Å². The van der Waals surface area contributed by atoms with Crippen LogP contribution in [-0.2, 0) is 9.53 Å². The highest BCUT2D eigenvalue weighted by molar-refractivity contribution is 6.31. The van der Waals surface area contributed by atoms with E-state index in [1.165, 1.54) is 7.11 Å². The number of benzene rings is 1. The summed E-state index contributed by atoms with van der Waals surface area (Å²) in [7, 11) is 3.15. The van der Waals surface area contributed by atoms with Gasteiger partial charge in [0.15, 0.2) is 0 Å². The maximum Gasteiger partial charge on any atom is 0.258 e. The summed E-state index contributed by atoms with van der Waals surface area (Å²) >= 11 is 6.02. The van der Waals surface area contributed by atoms with Gasteiger partial charge in [0, 0.05) is 38.3 Å². The maximum absolute atomic E-state index is 12.9. The van der Waals surface area contributed by atoms with E-state index in [-0.39, 0.29) is 11.8 Å². The molecule has 2 N–H and O–H groups in total. The Balaban J connectivity index is 1.95. The Hall–Kier alpha value is -1.83. The van der Waals surface area contributed by atoms with Gasteiger partial charge in [-0.1, -0.05) is 11.6 Å². The summed E-state index contributed by atoms with van der Waals surface area (Å²) < 4.78 is 10.2. The minimum absolute atomic E-state index is 0.134. The van der Waals surface area contributed by atoms with Gasteiger partial charge in [0.25, 0.3) is 5.91 Å². The van der Waals surface area contributed by atoms with Crippen molar-refractivity contribution in [1.82, 2.24) is 15.5 Å². The molecular weight excluding hydrogens is 358 g/mol. The van der Waals surface area contributed by atoms with Gasteiger partial charge in [-0.2, -0.15) is 0 Å². The SMILES string of the molecule is COCCNCCNC(=O)C1CCCN1C(=O)c1cc(Cl)ccc1OC. The second-order valence-corrected chi connectivity index (χ2v) is 6.47. The van der Waals surface area contributed by atoms with E-state index in [9.17, 15) is 9.59 Å².